The lowest BCUT2D eigenvalue weighted by Crippen LogP contribution is -2.05. The number of aromatic amines is 1. The zero-order chi connectivity index (χ0) is 9.03. The lowest BCUT2D eigenvalue weighted by atomic mass is 10.3. The molecule has 0 saturated carbocycles. The zero-order valence-electron chi connectivity index (χ0n) is 6.65. The summed E-state index contributed by atoms with van der Waals surface area (Å²) in [5, 5.41) is 6.33. The van der Waals surface area contributed by atoms with Crippen molar-refractivity contribution in [3.8, 4) is 0 Å². The topological polar surface area (TPSA) is 72.1 Å². The SMILES string of the molecule is CS(=O)(=O)OCCc1cn[nH]c1. The standard InChI is InChI=1S/C6H10N2O3S/c1-12(9,10)11-3-2-6-4-7-8-5-6/h4-5H,2-3H2,1H3,(H,7,8). The van der Waals surface area contributed by atoms with Crippen LogP contribution in [0.1, 0.15) is 5.56 Å². The Hall–Kier alpha value is -0.880. The van der Waals surface area contributed by atoms with E-state index in [0.717, 1.165) is 11.8 Å². The maximum atomic E-state index is 10.5. The van der Waals surface area contributed by atoms with Crippen LogP contribution in [0, 0.1) is 0 Å². The molecule has 0 aliphatic rings. The number of rotatable bonds is 4. The van der Waals surface area contributed by atoms with Gasteiger partial charge in [0.1, 0.15) is 0 Å². The molecule has 1 aromatic rings. The summed E-state index contributed by atoms with van der Waals surface area (Å²) in [5.74, 6) is 0. The minimum atomic E-state index is -3.31. The van der Waals surface area contributed by atoms with Crippen molar-refractivity contribution < 1.29 is 12.6 Å². The summed E-state index contributed by atoms with van der Waals surface area (Å²) >= 11 is 0. The Bertz CT molecular complexity index is 317. The van der Waals surface area contributed by atoms with Crippen molar-refractivity contribution >= 4 is 10.1 Å². The van der Waals surface area contributed by atoms with Gasteiger partial charge in [0, 0.05) is 12.6 Å². The average Bonchev–Trinajstić information content (AvgIpc) is 2.36. The monoisotopic (exact) mass is 190 g/mol. The molecule has 5 nitrogen and oxygen atoms in total. The molecule has 0 aliphatic carbocycles. The average molecular weight is 190 g/mol. The Balaban J connectivity index is 2.29. The molecule has 0 aliphatic heterocycles. The second kappa shape index (κ2) is 3.68. The molecule has 0 saturated heterocycles. The summed E-state index contributed by atoms with van der Waals surface area (Å²) in [6.07, 6.45) is 4.91. The molecule has 0 radical (unpaired) electrons. The van der Waals surface area contributed by atoms with Crippen LogP contribution >= 0.6 is 0 Å². The first kappa shape index (κ1) is 9.21. The molecule has 0 spiro atoms. The van der Waals surface area contributed by atoms with E-state index >= 15 is 0 Å². The molecule has 68 valence electrons. The Morgan fingerprint density at radius 3 is 2.92 bits per heavy atom. The van der Waals surface area contributed by atoms with Crippen LogP contribution in [-0.2, 0) is 20.7 Å². The molecule has 0 bridgehead atoms. The van der Waals surface area contributed by atoms with Gasteiger partial charge in [0.15, 0.2) is 0 Å². The Morgan fingerprint density at radius 2 is 2.42 bits per heavy atom. The van der Waals surface area contributed by atoms with Gasteiger partial charge in [-0.3, -0.25) is 9.28 Å². The molecule has 0 fully saturated rings. The van der Waals surface area contributed by atoms with Gasteiger partial charge in [0.05, 0.1) is 19.1 Å². The minimum Gasteiger partial charge on any atom is -0.285 e. The fourth-order valence-electron chi connectivity index (χ4n) is 0.725. The molecular weight excluding hydrogens is 180 g/mol. The summed E-state index contributed by atoms with van der Waals surface area (Å²) in [6, 6.07) is 0. The van der Waals surface area contributed by atoms with Gasteiger partial charge >= 0.3 is 0 Å². The highest BCUT2D eigenvalue weighted by Gasteiger charge is 2.01. The number of aromatic nitrogens is 2. The van der Waals surface area contributed by atoms with Crippen LogP contribution in [0.3, 0.4) is 0 Å². The van der Waals surface area contributed by atoms with Gasteiger partial charge in [-0.05, 0) is 5.56 Å². The van der Waals surface area contributed by atoms with Crippen molar-refractivity contribution in [1.29, 1.82) is 0 Å². The summed E-state index contributed by atoms with van der Waals surface area (Å²) in [6.45, 7) is 0.165. The number of H-pyrrole nitrogens is 1. The summed E-state index contributed by atoms with van der Waals surface area (Å²) < 4.78 is 25.6. The first-order valence-corrected chi connectivity index (χ1v) is 5.21. The maximum Gasteiger partial charge on any atom is 0.264 e. The van der Waals surface area contributed by atoms with Crippen LogP contribution in [0.2, 0.25) is 0 Å². The van der Waals surface area contributed by atoms with Gasteiger partial charge in [0.2, 0.25) is 0 Å². The van der Waals surface area contributed by atoms with Crippen molar-refractivity contribution in [1.82, 2.24) is 10.2 Å². The van der Waals surface area contributed by atoms with Gasteiger partial charge in [-0.2, -0.15) is 13.5 Å². The first-order valence-electron chi connectivity index (χ1n) is 3.40. The molecule has 1 N–H and O–H groups in total. The fourth-order valence-corrected chi connectivity index (χ4v) is 1.11. The Morgan fingerprint density at radius 1 is 1.67 bits per heavy atom. The van der Waals surface area contributed by atoms with E-state index in [1.807, 2.05) is 0 Å². The predicted molar refractivity (Wildman–Crippen MR) is 43.1 cm³/mol. The molecule has 0 atom stereocenters. The lowest BCUT2D eigenvalue weighted by molar-refractivity contribution is 0.326. The second-order valence-corrected chi connectivity index (χ2v) is 4.03. The fraction of sp³-hybridized carbons (Fsp3) is 0.500. The van der Waals surface area contributed by atoms with Crippen molar-refractivity contribution in [3.05, 3.63) is 18.0 Å². The molecule has 0 unspecified atom stereocenters. The van der Waals surface area contributed by atoms with Crippen LogP contribution in [0.25, 0.3) is 0 Å². The Labute approximate surface area is 70.9 Å². The van der Waals surface area contributed by atoms with Crippen LogP contribution in [-0.4, -0.2) is 31.5 Å². The number of hydrogen-bond acceptors (Lipinski definition) is 4. The first-order chi connectivity index (χ1) is 5.58. The van der Waals surface area contributed by atoms with Crippen molar-refractivity contribution in [3.63, 3.8) is 0 Å². The highest BCUT2D eigenvalue weighted by atomic mass is 32.2. The van der Waals surface area contributed by atoms with Gasteiger partial charge in [-0.15, -0.1) is 0 Å². The van der Waals surface area contributed by atoms with E-state index in [2.05, 4.69) is 14.4 Å². The van der Waals surface area contributed by atoms with Crippen molar-refractivity contribution in [2.24, 2.45) is 0 Å². The third kappa shape index (κ3) is 3.49. The molecule has 1 aromatic heterocycles. The van der Waals surface area contributed by atoms with Crippen LogP contribution in [0.5, 0.6) is 0 Å². The second-order valence-electron chi connectivity index (χ2n) is 2.38. The molecule has 6 heteroatoms. The molecule has 1 rings (SSSR count). The normalized spacial score (nSPS) is 11.8. The quantitative estimate of drug-likeness (QED) is 0.674. The van der Waals surface area contributed by atoms with E-state index < -0.39 is 10.1 Å². The minimum absolute atomic E-state index is 0.165. The lowest BCUT2D eigenvalue weighted by Gasteiger charge is -1.97. The van der Waals surface area contributed by atoms with E-state index in [1.165, 1.54) is 0 Å². The molecule has 12 heavy (non-hydrogen) atoms. The van der Waals surface area contributed by atoms with Gasteiger partial charge in [-0.1, -0.05) is 0 Å². The smallest absolute Gasteiger partial charge is 0.264 e. The van der Waals surface area contributed by atoms with E-state index in [4.69, 9.17) is 0 Å². The van der Waals surface area contributed by atoms with Crippen LogP contribution in [0.15, 0.2) is 12.4 Å². The van der Waals surface area contributed by atoms with Crippen LogP contribution < -0.4 is 0 Å². The molecule has 0 amide bonds. The molecule has 1 heterocycles. The van der Waals surface area contributed by atoms with E-state index in [-0.39, 0.29) is 6.61 Å². The van der Waals surface area contributed by atoms with E-state index in [1.54, 1.807) is 12.4 Å². The number of hydrogen-bond donors (Lipinski definition) is 1. The van der Waals surface area contributed by atoms with Crippen molar-refractivity contribution in [2.45, 2.75) is 6.42 Å². The highest BCUT2D eigenvalue weighted by molar-refractivity contribution is 7.85. The summed E-state index contributed by atoms with van der Waals surface area (Å²) in [4.78, 5) is 0. The summed E-state index contributed by atoms with van der Waals surface area (Å²) in [5.41, 5.74) is 0.929. The zero-order valence-corrected chi connectivity index (χ0v) is 7.47. The number of nitrogens with one attached hydrogen (secondary N) is 1. The largest absolute Gasteiger partial charge is 0.285 e. The van der Waals surface area contributed by atoms with Gasteiger partial charge in [-0.25, -0.2) is 0 Å². The maximum absolute atomic E-state index is 10.5. The molecule has 0 aromatic carbocycles. The van der Waals surface area contributed by atoms with Gasteiger partial charge < -0.3 is 0 Å². The van der Waals surface area contributed by atoms with Crippen LogP contribution in [0.4, 0.5) is 0 Å². The predicted octanol–water partition coefficient (Wildman–Crippen LogP) is -0.0716. The van der Waals surface area contributed by atoms with Crippen molar-refractivity contribution in [2.75, 3.05) is 12.9 Å². The third-order valence-corrected chi connectivity index (χ3v) is 1.84. The Kier molecular flexibility index (Phi) is 2.83. The third-order valence-electron chi connectivity index (χ3n) is 1.24. The highest BCUT2D eigenvalue weighted by Crippen LogP contribution is 1.96. The van der Waals surface area contributed by atoms with E-state index in [0.29, 0.717) is 6.42 Å². The summed E-state index contributed by atoms with van der Waals surface area (Å²) in [7, 11) is -3.31. The molecular formula is C6H10N2O3S. The van der Waals surface area contributed by atoms with E-state index in [9.17, 15) is 8.42 Å². The number of nitrogens with zero attached hydrogens (tertiary/aromatic N) is 1. The van der Waals surface area contributed by atoms with Gasteiger partial charge in [0.25, 0.3) is 10.1 Å².